The van der Waals surface area contributed by atoms with E-state index in [9.17, 15) is 5.11 Å². The van der Waals surface area contributed by atoms with E-state index in [4.69, 9.17) is 0 Å². The molecule has 0 aliphatic heterocycles. The number of rotatable bonds is 3. The fraction of sp³-hybridized carbons (Fsp3) is 0.267. The summed E-state index contributed by atoms with van der Waals surface area (Å²) in [6, 6.07) is 7.92. The van der Waals surface area contributed by atoms with Gasteiger partial charge in [-0.2, -0.15) is 0 Å². The zero-order valence-corrected chi connectivity index (χ0v) is 12.9. The van der Waals surface area contributed by atoms with Crippen molar-refractivity contribution < 1.29 is 5.11 Å². The fourth-order valence-corrected chi connectivity index (χ4v) is 2.46. The average molecular weight is 321 g/mol. The van der Waals surface area contributed by atoms with E-state index in [2.05, 4.69) is 26.2 Å². The van der Waals surface area contributed by atoms with Crippen molar-refractivity contribution in [2.45, 2.75) is 27.3 Å². The molecule has 2 N–H and O–H groups in total. The summed E-state index contributed by atoms with van der Waals surface area (Å²) >= 11 is 3.35. The lowest BCUT2D eigenvalue weighted by Gasteiger charge is -2.11. The maximum absolute atomic E-state index is 9.76. The third-order valence-electron chi connectivity index (χ3n) is 3.09. The second-order valence-corrected chi connectivity index (χ2v) is 5.51. The molecule has 0 atom stereocenters. The molecule has 0 saturated carbocycles. The molecule has 0 saturated heterocycles. The molecule has 1 aromatic carbocycles. The van der Waals surface area contributed by atoms with Crippen LogP contribution in [-0.4, -0.2) is 10.1 Å². The van der Waals surface area contributed by atoms with Crippen molar-refractivity contribution in [1.82, 2.24) is 4.98 Å². The summed E-state index contributed by atoms with van der Waals surface area (Å²) in [4.78, 5) is 4.35. The van der Waals surface area contributed by atoms with Crippen molar-refractivity contribution in [3.8, 4) is 5.75 Å². The highest BCUT2D eigenvalue weighted by molar-refractivity contribution is 9.10. The number of phenols is 1. The van der Waals surface area contributed by atoms with Gasteiger partial charge in [0.25, 0.3) is 0 Å². The summed E-state index contributed by atoms with van der Waals surface area (Å²) in [5.41, 5.74) is 4.94. The third kappa shape index (κ3) is 3.26. The van der Waals surface area contributed by atoms with Gasteiger partial charge in [-0.25, -0.2) is 4.98 Å². The highest BCUT2D eigenvalue weighted by Crippen LogP contribution is 2.24. The minimum Gasteiger partial charge on any atom is -0.507 e. The first-order chi connectivity index (χ1) is 8.97. The predicted octanol–water partition coefficient (Wildman–Crippen LogP) is 4.09. The van der Waals surface area contributed by atoms with Gasteiger partial charge in [-0.15, -0.1) is 0 Å². The Morgan fingerprint density at radius 3 is 2.37 bits per heavy atom. The van der Waals surface area contributed by atoms with Crippen LogP contribution in [0, 0.1) is 20.8 Å². The van der Waals surface area contributed by atoms with Crippen molar-refractivity contribution in [3.05, 3.63) is 51.3 Å². The predicted molar refractivity (Wildman–Crippen MR) is 81.6 cm³/mol. The molecule has 4 heteroatoms. The van der Waals surface area contributed by atoms with Crippen LogP contribution in [0.25, 0.3) is 0 Å². The minimum atomic E-state index is 0.380. The molecule has 1 heterocycles. The van der Waals surface area contributed by atoms with Crippen LogP contribution >= 0.6 is 15.9 Å². The van der Waals surface area contributed by atoms with Gasteiger partial charge in [0.15, 0.2) is 0 Å². The van der Waals surface area contributed by atoms with Crippen LogP contribution in [0.4, 0.5) is 5.69 Å². The first-order valence-corrected chi connectivity index (χ1v) is 6.93. The van der Waals surface area contributed by atoms with Crippen LogP contribution < -0.4 is 5.32 Å². The number of benzene rings is 1. The Bertz CT molecular complexity index is 588. The van der Waals surface area contributed by atoms with Crippen molar-refractivity contribution in [3.63, 3.8) is 0 Å². The van der Waals surface area contributed by atoms with Gasteiger partial charge < -0.3 is 10.4 Å². The molecule has 3 nitrogen and oxygen atoms in total. The summed E-state index contributed by atoms with van der Waals surface area (Å²) in [7, 11) is 0. The van der Waals surface area contributed by atoms with E-state index in [0.29, 0.717) is 12.3 Å². The van der Waals surface area contributed by atoms with E-state index in [1.165, 1.54) is 0 Å². The Kier molecular flexibility index (Phi) is 4.10. The first kappa shape index (κ1) is 13.9. The smallest absolute Gasteiger partial charge is 0.121 e. The summed E-state index contributed by atoms with van der Waals surface area (Å²) in [5, 5.41) is 13.1. The van der Waals surface area contributed by atoms with Gasteiger partial charge in [-0.3, -0.25) is 0 Å². The van der Waals surface area contributed by atoms with Crippen molar-refractivity contribution in [2.75, 3.05) is 5.32 Å². The third-order valence-corrected chi connectivity index (χ3v) is 3.53. The molecule has 0 amide bonds. The van der Waals surface area contributed by atoms with Gasteiger partial charge in [0.1, 0.15) is 10.4 Å². The average Bonchev–Trinajstić information content (AvgIpc) is 2.34. The van der Waals surface area contributed by atoms with Gasteiger partial charge in [0, 0.05) is 6.54 Å². The van der Waals surface area contributed by atoms with E-state index in [1.54, 1.807) is 0 Å². The van der Waals surface area contributed by atoms with E-state index >= 15 is 0 Å². The van der Waals surface area contributed by atoms with Gasteiger partial charge >= 0.3 is 0 Å². The van der Waals surface area contributed by atoms with E-state index in [-0.39, 0.29) is 0 Å². The molecule has 1 aromatic heterocycles. The number of hydrogen-bond donors (Lipinski definition) is 2. The number of phenolic OH excluding ortho intramolecular Hbond substituents is 1. The van der Waals surface area contributed by atoms with E-state index in [1.807, 2.05) is 45.0 Å². The Balaban J connectivity index is 2.14. The van der Waals surface area contributed by atoms with Crippen LogP contribution in [0.1, 0.15) is 22.4 Å². The zero-order valence-electron chi connectivity index (χ0n) is 11.3. The Morgan fingerprint density at radius 2 is 1.79 bits per heavy atom. The number of hydrogen-bond acceptors (Lipinski definition) is 3. The number of aromatic nitrogens is 1. The standard InChI is InChI=1S/C15H17BrN2O/c1-9-6-12(7-10(2)15(9)19)8-17-13-4-5-14(16)18-11(13)3/h4-7,17,19H,8H2,1-3H3. The monoisotopic (exact) mass is 320 g/mol. The zero-order chi connectivity index (χ0) is 14.0. The number of anilines is 1. The van der Waals surface area contributed by atoms with Crippen molar-refractivity contribution in [2.24, 2.45) is 0 Å². The van der Waals surface area contributed by atoms with Crippen LogP contribution in [0.5, 0.6) is 5.75 Å². The number of aryl methyl sites for hydroxylation is 3. The number of aromatic hydroxyl groups is 1. The summed E-state index contributed by atoms with van der Waals surface area (Å²) in [6.45, 7) is 6.52. The quantitative estimate of drug-likeness (QED) is 0.837. The normalized spacial score (nSPS) is 10.5. The molecule has 0 aliphatic rings. The molecular formula is C15H17BrN2O. The lowest BCUT2D eigenvalue weighted by molar-refractivity contribution is 0.466. The molecule has 0 bridgehead atoms. The Morgan fingerprint density at radius 1 is 1.16 bits per heavy atom. The molecule has 19 heavy (non-hydrogen) atoms. The highest BCUT2D eigenvalue weighted by Gasteiger charge is 2.04. The van der Waals surface area contributed by atoms with E-state index < -0.39 is 0 Å². The second-order valence-electron chi connectivity index (χ2n) is 4.70. The molecular weight excluding hydrogens is 304 g/mol. The van der Waals surface area contributed by atoms with Gasteiger partial charge in [0.05, 0.1) is 11.4 Å². The van der Waals surface area contributed by atoms with Gasteiger partial charge in [-0.1, -0.05) is 12.1 Å². The van der Waals surface area contributed by atoms with Gasteiger partial charge in [-0.05, 0) is 65.5 Å². The number of nitrogens with zero attached hydrogens (tertiary/aromatic N) is 1. The SMILES string of the molecule is Cc1cc(CNc2ccc(Br)nc2C)cc(C)c1O. The second kappa shape index (κ2) is 5.61. The van der Waals surface area contributed by atoms with Crippen molar-refractivity contribution in [1.29, 1.82) is 0 Å². The molecule has 100 valence electrons. The van der Waals surface area contributed by atoms with Crippen LogP contribution in [-0.2, 0) is 6.54 Å². The largest absolute Gasteiger partial charge is 0.507 e. The van der Waals surface area contributed by atoms with Crippen molar-refractivity contribution >= 4 is 21.6 Å². The first-order valence-electron chi connectivity index (χ1n) is 6.13. The number of nitrogens with one attached hydrogen (secondary N) is 1. The lowest BCUT2D eigenvalue weighted by Crippen LogP contribution is -2.03. The van der Waals surface area contributed by atoms with Crippen LogP contribution in [0.3, 0.4) is 0 Å². The highest BCUT2D eigenvalue weighted by atomic mass is 79.9. The van der Waals surface area contributed by atoms with Crippen LogP contribution in [0.15, 0.2) is 28.9 Å². The summed E-state index contributed by atoms with van der Waals surface area (Å²) in [6.07, 6.45) is 0. The molecule has 0 aliphatic carbocycles. The maximum atomic E-state index is 9.76. The molecule has 0 spiro atoms. The molecule has 2 rings (SSSR count). The summed E-state index contributed by atoms with van der Waals surface area (Å²) in [5.74, 6) is 0.380. The van der Waals surface area contributed by atoms with Gasteiger partial charge in [0.2, 0.25) is 0 Å². The molecule has 2 aromatic rings. The number of pyridine rings is 1. The Labute approximate surface area is 121 Å². The van der Waals surface area contributed by atoms with E-state index in [0.717, 1.165) is 32.7 Å². The number of halogens is 1. The topological polar surface area (TPSA) is 45.2 Å². The fourth-order valence-electron chi connectivity index (χ4n) is 2.06. The van der Waals surface area contributed by atoms with Crippen LogP contribution in [0.2, 0.25) is 0 Å². The summed E-state index contributed by atoms with van der Waals surface area (Å²) < 4.78 is 0.840. The maximum Gasteiger partial charge on any atom is 0.121 e. The minimum absolute atomic E-state index is 0.380. The molecule has 0 radical (unpaired) electrons. The molecule has 0 unspecified atom stereocenters. The lowest BCUT2D eigenvalue weighted by atomic mass is 10.1. The Hall–Kier alpha value is -1.55. The molecule has 0 fully saturated rings.